The number of halogens is 2. The molecule has 0 radical (unpaired) electrons. The zero-order chi connectivity index (χ0) is 24.7. The molecule has 0 spiro atoms. The summed E-state index contributed by atoms with van der Waals surface area (Å²) in [6.45, 7) is -0.0604. The fraction of sp³-hybridized carbons (Fsp3) is 0.167. The molecule has 34 heavy (non-hydrogen) atoms. The minimum atomic E-state index is -0.604. The number of nitrogens with one attached hydrogen (secondary N) is 2. The van der Waals surface area contributed by atoms with E-state index in [1.54, 1.807) is 5.48 Å². The van der Waals surface area contributed by atoms with Crippen molar-refractivity contribution in [1.82, 2.24) is 15.8 Å². The van der Waals surface area contributed by atoms with Crippen LogP contribution >= 0.6 is 11.6 Å². The maximum atomic E-state index is 13.2. The molecule has 0 saturated carbocycles. The van der Waals surface area contributed by atoms with Crippen LogP contribution in [0.4, 0.5) is 4.39 Å². The predicted molar refractivity (Wildman–Crippen MR) is 128 cm³/mol. The number of rotatable bonds is 9. The van der Waals surface area contributed by atoms with Gasteiger partial charge in [-0.25, -0.2) is 15.7 Å². The van der Waals surface area contributed by atoms with E-state index in [-0.39, 0.29) is 29.2 Å². The first-order valence-corrected chi connectivity index (χ1v) is 10.8. The summed E-state index contributed by atoms with van der Waals surface area (Å²) < 4.78 is 13.2. The average Bonchev–Trinajstić information content (AvgIpc) is 2.81. The summed E-state index contributed by atoms with van der Waals surface area (Å²) in [5, 5.41) is 14.9. The van der Waals surface area contributed by atoms with E-state index < -0.39 is 23.7 Å². The molecule has 0 fully saturated rings. The molecular weight excluding hydrogens is 461 g/mol. The SMILES string of the molecule is N/C(=C\N(N)C(CC(=O)NO)Cc1ccc2ccccc2c1)CNC(=O)c1ccc(F)cc1Cl. The van der Waals surface area contributed by atoms with Gasteiger partial charge in [-0.3, -0.25) is 14.8 Å². The van der Waals surface area contributed by atoms with Gasteiger partial charge in [-0.1, -0.05) is 54.1 Å². The lowest BCUT2D eigenvalue weighted by atomic mass is 9.99. The van der Waals surface area contributed by atoms with Crippen molar-refractivity contribution in [3.8, 4) is 0 Å². The van der Waals surface area contributed by atoms with E-state index in [1.165, 1.54) is 17.3 Å². The first-order valence-electron chi connectivity index (χ1n) is 10.4. The van der Waals surface area contributed by atoms with E-state index in [0.717, 1.165) is 28.5 Å². The van der Waals surface area contributed by atoms with Gasteiger partial charge in [0.05, 0.1) is 29.6 Å². The molecule has 178 valence electrons. The van der Waals surface area contributed by atoms with Crippen LogP contribution in [0.15, 0.2) is 72.6 Å². The Morgan fingerprint density at radius 2 is 1.85 bits per heavy atom. The number of nitrogens with zero attached hydrogens (tertiary/aromatic N) is 1. The molecule has 0 heterocycles. The topological polar surface area (TPSA) is 134 Å². The molecule has 0 aliphatic heterocycles. The number of hydrogen-bond donors (Lipinski definition) is 5. The van der Waals surface area contributed by atoms with Crippen molar-refractivity contribution in [2.24, 2.45) is 11.6 Å². The molecule has 10 heteroatoms. The molecule has 3 aromatic rings. The van der Waals surface area contributed by atoms with Crippen molar-refractivity contribution in [3.05, 3.63) is 94.5 Å². The highest BCUT2D eigenvalue weighted by atomic mass is 35.5. The second kappa shape index (κ2) is 11.5. The third-order valence-corrected chi connectivity index (χ3v) is 5.51. The molecule has 1 unspecified atom stereocenters. The van der Waals surface area contributed by atoms with E-state index in [1.807, 2.05) is 42.5 Å². The monoisotopic (exact) mass is 485 g/mol. The third-order valence-electron chi connectivity index (χ3n) is 5.20. The molecular formula is C24H25ClFN5O3. The Kier molecular flexibility index (Phi) is 8.42. The number of fused-ring (bicyclic) bond motifs is 1. The summed E-state index contributed by atoms with van der Waals surface area (Å²) in [6.07, 6.45) is 1.71. The van der Waals surface area contributed by atoms with Gasteiger partial charge in [-0.15, -0.1) is 0 Å². The summed E-state index contributed by atoms with van der Waals surface area (Å²) in [5.41, 5.74) is 8.89. The molecule has 0 bridgehead atoms. The summed E-state index contributed by atoms with van der Waals surface area (Å²) in [4.78, 5) is 24.2. The van der Waals surface area contributed by atoms with Gasteiger partial charge in [-0.05, 0) is 41.0 Å². The summed E-state index contributed by atoms with van der Waals surface area (Å²) >= 11 is 5.91. The second-order valence-corrected chi connectivity index (χ2v) is 8.14. The molecule has 0 aliphatic rings. The van der Waals surface area contributed by atoms with Crippen molar-refractivity contribution in [3.63, 3.8) is 0 Å². The molecule has 0 aliphatic carbocycles. The maximum Gasteiger partial charge on any atom is 0.253 e. The second-order valence-electron chi connectivity index (χ2n) is 7.74. The first-order chi connectivity index (χ1) is 16.3. The maximum absolute atomic E-state index is 13.2. The Balaban J connectivity index is 1.69. The third kappa shape index (κ3) is 6.67. The Labute approximate surface area is 200 Å². The van der Waals surface area contributed by atoms with Crippen LogP contribution in [0, 0.1) is 5.82 Å². The molecule has 7 N–H and O–H groups in total. The Bertz CT molecular complexity index is 1220. The minimum Gasteiger partial charge on any atom is -0.399 e. The van der Waals surface area contributed by atoms with Crippen LogP contribution in [-0.2, 0) is 11.2 Å². The van der Waals surface area contributed by atoms with E-state index in [4.69, 9.17) is 28.4 Å². The highest BCUT2D eigenvalue weighted by molar-refractivity contribution is 6.33. The molecule has 8 nitrogen and oxygen atoms in total. The number of benzene rings is 3. The number of carbonyl (C=O) groups is 2. The number of amides is 2. The lowest BCUT2D eigenvalue weighted by molar-refractivity contribution is -0.130. The Morgan fingerprint density at radius 1 is 1.12 bits per heavy atom. The summed E-state index contributed by atoms with van der Waals surface area (Å²) in [7, 11) is 0. The van der Waals surface area contributed by atoms with Crippen LogP contribution in [-0.4, -0.2) is 34.6 Å². The number of nitrogens with two attached hydrogens (primary N) is 2. The molecule has 2 amide bonds. The van der Waals surface area contributed by atoms with E-state index in [2.05, 4.69) is 5.32 Å². The smallest absolute Gasteiger partial charge is 0.253 e. The van der Waals surface area contributed by atoms with Crippen LogP contribution < -0.4 is 22.4 Å². The van der Waals surface area contributed by atoms with E-state index >= 15 is 0 Å². The summed E-state index contributed by atoms with van der Waals surface area (Å²) in [5.74, 6) is 4.49. The zero-order valence-corrected chi connectivity index (χ0v) is 18.9. The zero-order valence-electron chi connectivity index (χ0n) is 18.2. The van der Waals surface area contributed by atoms with Gasteiger partial charge in [0.25, 0.3) is 5.91 Å². The molecule has 3 aromatic carbocycles. The quantitative estimate of drug-likeness (QED) is 0.180. The number of hydrazine groups is 1. The average molecular weight is 486 g/mol. The van der Waals surface area contributed by atoms with Gasteiger partial charge < -0.3 is 16.1 Å². The standard InChI is InChI=1S/C24H25ClFN5O3/c25-22-11-18(26)7-8-21(22)24(33)29-13-19(27)14-31(28)20(12-23(32)30-34)10-15-5-6-16-3-1-2-4-17(16)9-15/h1-9,11,14,20,34H,10,12-13,27-28H2,(H,29,33)(H,30,32)/b19-14-. The van der Waals surface area contributed by atoms with Crippen LogP contribution in [0.5, 0.6) is 0 Å². The predicted octanol–water partition coefficient (Wildman–Crippen LogP) is 2.84. The van der Waals surface area contributed by atoms with Crippen molar-refractivity contribution in [1.29, 1.82) is 0 Å². The van der Waals surface area contributed by atoms with Gasteiger partial charge in [0.1, 0.15) is 5.82 Å². The highest BCUT2D eigenvalue weighted by Gasteiger charge is 2.19. The molecule has 0 saturated heterocycles. The van der Waals surface area contributed by atoms with Gasteiger partial charge in [-0.2, -0.15) is 0 Å². The minimum absolute atomic E-state index is 0.0223. The van der Waals surface area contributed by atoms with Gasteiger partial charge >= 0.3 is 0 Å². The van der Waals surface area contributed by atoms with Crippen LogP contribution in [0.1, 0.15) is 22.3 Å². The number of hydrogen-bond acceptors (Lipinski definition) is 6. The lowest BCUT2D eigenvalue weighted by Gasteiger charge is -2.26. The molecule has 0 aromatic heterocycles. The van der Waals surface area contributed by atoms with Crippen molar-refractivity contribution < 1.29 is 19.2 Å². The van der Waals surface area contributed by atoms with Gasteiger partial charge in [0.2, 0.25) is 5.91 Å². The molecule has 1 atom stereocenters. The Morgan fingerprint density at radius 3 is 2.56 bits per heavy atom. The van der Waals surface area contributed by atoms with Crippen molar-refractivity contribution in [2.75, 3.05) is 6.54 Å². The highest BCUT2D eigenvalue weighted by Crippen LogP contribution is 2.19. The number of carbonyl (C=O) groups excluding carboxylic acids is 2. The van der Waals surface area contributed by atoms with Gasteiger partial charge in [0, 0.05) is 11.9 Å². The van der Waals surface area contributed by atoms with Crippen LogP contribution in [0.2, 0.25) is 5.02 Å². The lowest BCUT2D eigenvalue weighted by Crippen LogP contribution is -2.42. The van der Waals surface area contributed by atoms with Crippen LogP contribution in [0.3, 0.4) is 0 Å². The van der Waals surface area contributed by atoms with Gasteiger partial charge in [0.15, 0.2) is 0 Å². The normalized spacial score (nSPS) is 12.3. The fourth-order valence-electron chi connectivity index (χ4n) is 3.47. The largest absolute Gasteiger partial charge is 0.399 e. The van der Waals surface area contributed by atoms with E-state index in [0.29, 0.717) is 6.42 Å². The Hall–Kier alpha value is -3.66. The van der Waals surface area contributed by atoms with E-state index in [9.17, 15) is 14.0 Å². The first kappa shape index (κ1) is 25.0. The number of hydroxylamine groups is 1. The fourth-order valence-corrected chi connectivity index (χ4v) is 3.73. The van der Waals surface area contributed by atoms with Crippen molar-refractivity contribution in [2.45, 2.75) is 18.9 Å². The summed E-state index contributed by atoms with van der Waals surface area (Å²) in [6, 6.07) is 16.7. The molecule has 3 rings (SSSR count). The van der Waals surface area contributed by atoms with Crippen LogP contribution in [0.25, 0.3) is 10.8 Å². The van der Waals surface area contributed by atoms with Crippen molar-refractivity contribution >= 4 is 34.2 Å².